The molecule has 0 saturated carbocycles. The number of halogens is 1. The van der Waals surface area contributed by atoms with Crippen LogP contribution in [-0.2, 0) is 7.05 Å². The Labute approximate surface area is 71.4 Å². The topological polar surface area (TPSA) is 43.6 Å². The average molecular weight is 213 g/mol. The van der Waals surface area contributed by atoms with Crippen LogP contribution in [-0.4, -0.2) is 20.0 Å². The minimum atomic E-state index is 0.807. The van der Waals surface area contributed by atoms with Crippen molar-refractivity contribution in [2.45, 2.75) is 0 Å². The maximum atomic E-state index is 4.13. The second kappa shape index (κ2) is 2.27. The summed E-state index contributed by atoms with van der Waals surface area (Å²) in [5.41, 5.74) is 1.66. The number of fused-ring (bicyclic) bond motifs is 1. The molecule has 2 aromatic rings. The zero-order valence-electron chi connectivity index (χ0n) is 5.82. The molecule has 0 saturated heterocycles. The molecule has 0 atom stereocenters. The van der Waals surface area contributed by atoms with E-state index >= 15 is 0 Å². The molecule has 0 aliphatic carbocycles. The van der Waals surface area contributed by atoms with Gasteiger partial charge in [-0.15, -0.1) is 0 Å². The van der Waals surface area contributed by atoms with Gasteiger partial charge in [0.2, 0.25) is 0 Å². The third kappa shape index (κ3) is 1.01. The molecule has 0 radical (unpaired) electrons. The Bertz CT molecular complexity index is 394. The fourth-order valence-corrected chi connectivity index (χ4v) is 1.31. The quantitative estimate of drug-likeness (QED) is 0.658. The maximum absolute atomic E-state index is 4.13. The summed E-state index contributed by atoms with van der Waals surface area (Å²) in [6.45, 7) is 0. The van der Waals surface area contributed by atoms with Gasteiger partial charge in [-0.05, 0) is 15.9 Å². The molecular weight excluding hydrogens is 208 g/mol. The lowest BCUT2D eigenvalue weighted by atomic mass is 10.4. The van der Waals surface area contributed by atoms with Crippen molar-refractivity contribution in [2.75, 3.05) is 0 Å². The molecule has 0 aliphatic heterocycles. The first-order chi connectivity index (χ1) is 5.27. The number of nitrogens with zero attached hydrogens (tertiary/aromatic N) is 4. The van der Waals surface area contributed by atoms with Crippen molar-refractivity contribution in [3.63, 3.8) is 0 Å². The Morgan fingerprint density at radius 3 is 2.91 bits per heavy atom. The monoisotopic (exact) mass is 212 g/mol. The van der Waals surface area contributed by atoms with Crippen LogP contribution in [0, 0.1) is 0 Å². The zero-order valence-corrected chi connectivity index (χ0v) is 7.41. The number of hydrogen-bond donors (Lipinski definition) is 0. The highest BCUT2D eigenvalue weighted by atomic mass is 79.9. The SMILES string of the molecule is Cn1nc2cncc(Br)c2n1. The molecule has 2 rings (SSSR count). The van der Waals surface area contributed by atoms with E-state index in [0.29, 0.717) is 0 Å². The minimum absolute atomic E-state index is 0.807. The second-order valence-corrected chi connectivity index (χ2v) is 3.03. The van der Waals surface area contributed by atoms with Gasteiger partial charge in [0, 0.05) is 13.2 Å². The lowest BCUT2D eigenvalue weighted by Gasteiger charge is -1.85. The average Bonchev–Trinajstić information content (AvgIpc) is 2.31. The first-order valence-electron chi connectivity index (χ1n) is 3.08. The Kier molecular flexibility index (Phi) is 1.38. The van der Waals surface area contributed by atoms with Crippen LogP contribution in [0.2, 0.25) is 0 Å². The normalized spacial score (nSPS) is 10.7. The van der Waals surface area contributed by atoms with Crippen molar-refractivity contribution >= 4 is 27.0 Å². The van der Waals surface area contributed by atoms with E-state index in [1.54, 1.807) is 19.4 Å². The van der Waals surface area contributed by atoms with E-state index in [2.05, 4.69) is 31.1 Å². The van der Waals surface area contributed by atoms with E-state index in [9.17, 15) is 0 Å². The van der Waals surface area contributed by atoms with Gasteiger partial charge in [-0.25, -0.2) is 0 Å². The van der Waals surface area contributed by atoms with E-state index in [4.69, 9.17) is 0 Å². The molecule has 0 amide bonds. The van der Waals surface area contributed by atoms with Crippen molar-refractivity contribution in [3.8, 4) is 0 Å². The van der Waals surface area contributed by atoms with E-state index < -0.39 is 0 Å². The molecule has 2 aromatic heterocycles. The van der Waals surface area contributed by atoms with Crippen LogP contribution in [0.4, 0.5) is 0 Å². The lowest BCUT2D eigenvalue weighted by molar-refractivity contribution is 0.665. The van der Waals surface area contributed by atoms with Gasteiger partial charge in [0.05, 0.1) is 10.7 Å². The van der Waals surface area contributed by atoms with Gasteiger partial charge < -0.3 is 0 Å². The van der Waals surface area contributed by atoms with Gasteiger partial charge in [0.25, 0.3) is 0 Å². The van der Waals surface area contributed by atoms with Gasteiger partial charge >= 0.3 is 0 Å². The third-order valence-corrected chi connectivity index (χ3v) is 1.93. The first-order valence-corrected chi connectivity index (χ1v) is 3.87. The Hall–Kier alpha value is -0.970. The largest absolute Gasteiger partial charge is 0.261 e. The van der Waals surface area contributed by atoms with Crippen molar-refractivity contribution in [1.82, 2.24) is 20.0 Å². The van der Waals surface area contributed by atoms with Crippen LogP contribution in [0.25, 0.3) is 11.0 Å². The number of hydrogen-bond acceptors (Lipinski definition) is 3. The van der Waals surface area contributed by atoms with Gasteiger partial charge in [-0.1, -0.05) is 0 Å². The Morgan fingerprint density at radius 2 is 2.18 bits per heavy atom. The lowest BCUT2D eigenvalue weighted by Crippen LogP contribution is -1.90. The van der Waals surface area contributed by atoms with Crippen molar-refractivity contribution in [3.05, 3.63) is 16.9 Å². The standard InChI is InChI=1S/C6H5BrN4/c1-11-9-5-3-8-2-4(7)6(5)10-11/h2-3H,1H3. The Balaban J connectivity index is 2.90. The molecule has 0 spiro atoms. The van der Waals surface area contributed by atoms with Crippen LogP contribution >= 0.6 is 15.9 Å². The molecule has 4 nitrogen and oxygen atoms in total. The van der Waals surface area contributed by atoms with Crippen LogP contribution in [0.15, 0.2) is 16.9 Å². The number of pyridine rings is 1. The third-order valence-electron chi connectivity index (χ3n) is 1.35. The second-order valence-electron chi connectivity index (χ2n) is 2.18. The summed E-state index contributed by atoms with van der Waals surface area (Å²) < 4.78 is 0.878. The van der Waals surface area contributed by atoms with E-state index in [-0.39, 0.29) is 0 Å². The molecule has 0 N–H and O–H groups in total. The smallest absolute Gasteiger partial charge is 0.132 e. The zero-order chi connectivity index (χ0) is 7.84. The fourth-order valence-electron chi connectivity index (χ4n) is 0.913. The maximum Gasteiger partial charge on any atom is 0.132 e. The van der Waals surface area contributed by atoms with Crippen LogP contribution in [0.1, 0.15) is 0 Å². The van der Waals surface area contributed by atoms with Gasteiger partial charge in [0.1, 0.15) is 11.0 Å². The predicted octanol–water partition coefficient (Wildman–Crippen LogP) is 1.13. The van der Waals surface area contributed by atoms with Crippen molar-refractivity contribution in [1.29, 1.82) is 0 Å². The molecule has 5 heteroatoms. The first kappa shape index (κ1) is 6.72. The van der Waals surface area contributed by atoms with E-state index in [1.165, 1.54) is 4.80 Å². The summed E-state index contributed by atoms with van der Waals surface area (Å²) in [5, 5.41) is 8.22. The van der Waals surface area contributed by atoms with Gasteiger partial charge in [0.15, 0.2) is 0 Å². The number of rotatable bonds is 0. The van der Waals surface area contributed by atoms with Crippen LogP contribution in [0.3, 0.4) is 0 Å². The van der Waals surface area contributed by atoms with Crippen molar-refractivity contribution in [2.24, 2.45) is 7.05 Å². The molecule has 0 bridgehead atoms. The number of aromatic nitrogens is 4. The minimum Gasteiger partial charge on any atom is -0.261 e. The van der Waals surface area contributed by atoms with Crippen LogP contribution in [0.5, 0.6) is 0 Å². The summed E-state index contributed by atoms with van der Waals surface area (Å²) in [5.74, 6) is 0. The van der Waals surface area contributed by atoms with Gasteiger partial charge in [-0.3, -0.25) is 4.98 Å². The summed E-state index contributed by atoms with van der Waals surface area (Å²) in [6, 6.07) is 0. The highest BCUT2D eigenvalue weighted by Gasteiger charge is 2.02. The molecule has 0 aromatic carbocycles. The van der Waals surface area contributed by atoms with Crippen LogP contribution < -0.4 is 0 Å². The van der Waals surface area contributed by atoms with Crippen molar-refractivity contribution < 1.29 is 0 Å². The molecule has 11 heavy (non-hydrogen) atoms. The predicted molar refractivity (Wildman–Crippen MR) is 44.0 cm³/mol. The molecule has 2 heterocycles. The number of aryl methyl sites for hydroxylation is 1. The van der Waals surface area contributed by atoms with Gasteiger partial charge in [-0.2, -0.15) is 15.0 Å². The molecular formula is C6H5BrN4. The summed E-state index contributed by atoms with van der Waals surface area (Å²) >= 11 is 3.33. The summed E-state index contributed by atoms with van der Waals surface area (Å²) in [4.78, 5) is 5.49. The summed E-state index contributed by atoms with van der Waals surface area (Å²) in [6.07, 6.45) is 3.39. The van der Waals surface area contributed by atoms with E-state index in [1.807, 2.05) is 0 Å². The molecule has 56 valence electrons. The fraction of sp³-hybridized carbons (Fsp3) is 0.167. The molecule has 0 aliphatic rings. The molecule has 0 fully saturated rings. The highest BCUT2D eigenvalue weighted by molar-refractivity contribution is 9.10. The Morgan fingerprint density at radius 1 is 1.36 bits per heavy atom. The highest BCUT2D eigenvalue weighted by Crippen LogP contribution is 2.17. The summed E-state index contributed by atoms with van der Waals surface area (Å²) in [7, 11) is 1.78. The van der Waals surface area contributed by atoms with E-state index in [0.717, 1.165) is 15.5 Å². The molecule has 0 unspecified atom stereocenters.